The highest BCUT2D eigenvalue weighted by Gasteiger charge is 2.37. The topological polar surface area (TPSA) is 23.0 Å². The van der Waals surface area contributed by atoms with E-state index in [9.17, 15) is 0 Å². The van der Waals surface area contributed by atoms with Gasteiger partial charge >= 0.3 is 0 Å². The van der Waals surface area contributed by atoms with Gasteiger partial charge in [0, 0.05) is 52.2 Å². The Morgan fingerprint density at radius 1 is 0.345 bits per heavy atom. The molecule has 3 nitrogen and oxygen atoms in total. The van der Waals surface area contributed by atoms with Gasteiger partial charge in [-0.2, -0.15) is 0 Å². The largest absolute Gasteiger partial charge is 0.455 e. The van der Waals surface area contributed by atoms with Gasteiger partial charge in [0.15, 0.2) is 5.58 Å². The van der Waals surface area contributed by atoms with E-state index in [1.165, 1.54) is 52.2 Å². The zero-order valence-corrected chi connectivity index (χ0v) is 32.3. The average Bonchev–Trinajstić information content (AvgIpc) is 3.96. The molecule has 0 saturated heterocycles. The van der Waals surface area contributed by atoms with Gasteiger partial charge in [0.2, 0.25) is 0 Å². The van der Waals surface area contributed by atoms with E-state index in [-0.39, 0.29) is 0 Å². The van der Waals surface area contributed by atoms with Gasteiger partial charge in [-0.1, -0.05) is 127 Å². The number of para-hydroxylation sites is 4. The molecular formula is C54H36N2OS. The maximum Gasteiger partial charge on any atom is 0.150 e. The van der Waals surface area contributed by atoms with Crippen LogP contribution in [-0.2, 0) is 0 Å². The molecule has 9 aromatic carbocycles. The lowest BCUT2D eigenvalue weighted by atomic mass is 10.1. The molecule has 4 heteroatoms. The summed E-state index contributed by atoms with van der Waals surface area (Å²) in [6.45, 7) is 0. The number of hydrogen-bond acceptors (Lipinski definition) is 1. The first kappa shape index (κ1) is 32.9. The van der Waals surface area contributed by atoms with Crippen LogP contribution in [0.2, 0.25) is 0 Å². The van der Waals surface area contributed by atoms with Gasteiger partial charge in [0.05, 0.1) is 33.1 Å². The number of hydrogen-bond donors (Lipinski definition) is 0. The van der Waals surface area contributed by atoms with Gasteiger partial charge < -0.3 is 13.6 Å². The van der Waals surface area contributed by atoms with Crippen LogP contribution in [0.3, 0.4) is 0 Å². The van der Waals surface area contributed by atoms with E-state index >= 15 is 0 Å². The lowest BCUT2D eigenvalue weighted by molar-refractivity contribution is 0.659. The molecule has 0 unspecified atom stereocenters. The third-order valence-electron chi connectivity index (χ3n) is 11.8. The summed E-state index contributed by atoms with van der Waals surface area (Å²) in [4.78, 5) is 4.96. The Balaban J connectivity index is 1.18. The van der Waals surface area contributed by atoms with Crippen LogP contribution in [0, 0.1) is 0 Å². The smallest absolute Gasteiger partial charge is 0.150 e. The second kappa shape index (κ2) is 12.9. The fourth-order valence-electron chi connectivity index (χ4n) is 9.44. The molecule has 0 bridgehead atoms. The van der Waals surface area contributed by atoms with E-state index in [1.54, 1.807) is 0 Å². The minimum absolute atomic E-state index is 0.878. The Morgan fingerprint density at radius 2 is 0.793 bits per heavy atom. The summed E-state index contributed by atoms with van der Waals surface area (Å²) >= 11 is 0. The molecule has 0 saturated carbocycles. The van der Waals surface area contributed by atoms with Crippen molar-refractivity contribution in [3.05, 3.63) is 218 Å². The van der Waals surface area contributed by atoms with Crippen molar-refractivity contribution in [2.24, 2.45) is 0 Å². The quantitative estimate of drug-likeness (QED) is 0.166. The van der Waals surface area contributed by atoms with Crippen molar-refractivity contribution >= 4 is 75.6 Å². The summed E-state index contributed by atoms with van der Waals surface area (Å²) in [5.41, 5.74) is 8.75. The Hall–Kier alpha value is -7.27. The maximum absolute atomic E-state index is 7.17. The molecule has 12 aromatic rings. The Bertz CT molecular complexity index is 3360. The van der Waals surface area contributed by atoms with Gasteiger partial charge in [0.1, 0.15) is 5.58 Å². The molecule has 3 heterocycles. The van der Waals surface area contributed by atoms with Gasteiger partial charge in [0.25, 0.3) is 0 Å². The van der Waals surface area contributed by atoms with Gasteiger partial charge in [-0.25, -0.2) is 0 Å². The van der Waals surface area contributed by atoms with Crippen LogP contribution >= 0.6 is 10.0 Å². The molecule has 0 radical (unpaired) electrons. The summed E-state index contributed by atoms with van der Waals surface area (Å²) in [5.74, 6) is 0. The molecule has 0 amide bonds. The van der Waals surface area contributed by atoms with Crippen LogP contribution in [0.4, 0.5) is 0 Å². The average molecular weight is 761 g/mol. The predicted molar refractivity (Wildman–Crippen MR) is 242 cm³/mol. The number of benzene rings is 9. The minimum atomic E-state index is -2.03. The van der Waals surface area contributed by atoms with Crippen LogP contribution in [-0.4, -0.2) is 9.13 Å². The number of furan rings is 1. The predicted octanol–water partition coefficient (Wildman–Crippen LogP) is 15.1. The second-order valence-electron chi connectivity index (χ2n) is 14.9. The van der Waals surface area contributed by atoms with Crippen molar-refractivity contribution in [2.45, 2.75) is 19.6 Å². The van der Waals surface area contributed by atoms with E-state index in [4.69, 9.17) is 4.42 Å². The second-order valence-corrected chi connectivity index (χ2v) is 17.9. The number of fused-ring (bicyclic) bond motifs is 9. The number of nitrogens with zero attached hydrogens (tertiary/aromatic N) is 2. The third kappa shape index (κ3) is 4.64. The summed E-state index contributed by atoms with van der Waals surface area (Å²) in [6, 6.07) is 79.5. The van der Waals surface area contributed by atoms with Crippen molar-refractivity contribution in [2.75, 3.05) is 0 Å². The van der Waals surface area contributed by atoms with Crippen molar-refractivity contribution < 1.29 is 4.42 Å². The molecule has 12 rings (SSSR count). The van der Waals surface area contributed by atoms with E-state index in [0.29, 0.717) is 0 Å². The first-order valence-electron chi connectivity index (χ1n) is 19.8. The molecular weight excluding hydrogens is 725 g/mol. The van der Waals surface area contributed by atoms with Gasteiger partial charge in [-0.3, -0.25) is 0 Å². The number of rotatable bonds is 6. The van der Waals surface area contributed by atoms with Crippen LogP contribution in [0.5, 0.6) is 0 Å². The molecule has 0 spiro atoms. The zero-order chi connectivity index (χ0) is 38.2. The monoisotopic (exact) mass is 760 g/mol. The Kier molecular flexibility index (Phi) is 7.31. The molecule has 58 heavy (non-hydrogen) atoms. The third-order valence-corrected chi connectivity index (χ3v) is 15.7. The van der Waals surface area contributed by atoms with Gasteiger partial charge in [-0.05, 0) is 91.0 Å². The van der Waals surface area contributed by atoms with Crippen molar-refractivity contribution in [1.82, 2.24) is 9.13 Å². The summed E-state index contributed by atoms with van der Waals surface area (Å²) in [5, 5.41) is 7.15. The standard InChI is InChI=1S/C54H36N2OS/c1-4-18-38(19-5-1)58(39-20-6-2-7-21-39,40-22-8-3-9-23-40)52-35-34-50(53-44-27-13-17-31-51(44)57-54(52)53)56-48-30-16-12-26-43(48)45-36-37(32-33-49(45)56)55-46-28-14-10-24-41(46)42-25-11-15-29-47(42)55/h1-36H. The van der Waals surface area contributed by atoms with Crippen molar-refractivity contribution in [1.29, 1.82) is 0 Å². The van der Waals surface area contributed by atoms with Crippen LogP contribution < -0.4 is 0 Å². The molecule has 0 aliphatic rings. The van der Waals surface area contributed by atoms with E-state index in [2.05, 4.69) is 228 Å². The fraction of sp³-hybridized carbons (Fsp3) is 0. The van der Waals surface area contributed by atoms with Crippen molar-refractivity contribution in [3.63, 3.8) is 0 Å². The summed E-state index contributed by atoms with van der Waals surface area (Å²) in [7, 11) is -2.03. The lowest BCUT2D eigenvalue weighted by Crippen LogP contribution is -2.06. The van der Waals surface area contributed by atoms with Crippen LogP contribution in [0.25, 0.3) is 76.9 Å². The molecule has 3 aromatic heterocycles. The normalized spacial score (nSPS) is 12.4. The highest BCUT2D eigenvalue weighted by Crippen LogP contribution is 2.75. The highest BCUT2D eigenvalue weighted by molar-refractivity contribution is 8.34. The summed E-state index contributed by atoms with van der Waals surface area (Å²) in [6.07, 6.45) is 0. The van der Waals surface area contributed by atoms with Gasteiger partial charge in [-0.15, -0.1) is 10.0 Å². The minimum Gasteiger partial charge on any atom is -0.455 e. The Labute approximate surface area is 336 Å². The molecule has 0 N–H and O–H groups in total. The first-order valence-corrected chi connectivity index (χ1v) is 21.4. The zero-order valence-electron chi connectivity index (χ0n) is 31.5. The molecule has 0 aliphatic carbocycles. The lowest BCUT2D eigenvalue weighted by Gasteiger charge is -2.42. The highest BCUT2D eigenvalue weighted by atomic mass is 32.3. The molecule has 0 aliphatic heterocycles. The Morgan fingerprint density at radius 3 is 1.36 bits per heavy atom. The summed E-state index contributed by atoms with van der Waals surface area (Å²) < 4.78 is 12.0. The first-order chi connectivity index (χ1) is 28.8. The molecule has 0 atom stereocenters. The van der Waals surface area contributed by atoms with Crippen LogP contribution in [0.1, 0.15) is 0 Å². The van der Waals surface area contributed by atoms with E-state index in [1.807, 2.05) is 0 Å². The maximum atomic E-state index is 7.17. The van der Waals surface area contributed by atoms with E-state index < -0.39 is 10.0 Å². The van der Waals surface area contributed by atoms with Crippen molar-refractivity contribution in [3.8, 4) is 11.4 Å². The van der Waals surface area contributed by atoms with E-state index in [0.717, 1.165) is 44.3 Å². The number of aromatic nitrogens is 2. The van der Waals surface area contributed by atoms with Crippen LogP contribution in [0.15, 0.2) is 242 Å². The molecule has 0 fully saturated rings. The molecule has 274 valence electrons. The fourth-order valence-corrected chi connectivity index (χ4v) is 13.4. The SMILES string of the molecule is c1ccc(S(c2ccccc2)(c2ccccc2)c2ccc(-n3c4ccccc4c4cc(-n5c6ccccc6c6ccccc65)ccc43)c3c2oc2ccccc23)cc1.